The third kappa shape index (κ3) is 9.67. The maximum atomic E-state index is 5.33. The van der Waals surface area contributed by atoms with E-state index in [4.69, 9.17) is 14.6 Å². The third-order valence-electron chi connectivity index (χ3n) is 13.1. The van der Waals surface area contributed by atoms with Crippen LogP contribution in [0.15, 0.2) is 197 Å². The Labute approximate surface area is 378 Å². The molecule has 5 atom stereocenters. The predicted molar refractivity (Wildman–Crippen MR) is 268 cm³/mol. The van der Waals surface area contributed by atoms with Crippen molar-refractivity contribution in [1.82, 2.24) is 19.9 Å². The molecular weight excluding hydrogens is 799 g/mol. The summed E-state index contributed by atoms with van der Waals surface area (Å²) in [6.07, 6.45) is 13.5. The molecule has 5 unspecified atom stereocenters. The van der Waals surface area contributed by atoms with Crippen LogP contribution in [0.4, 0.5) is 5.69 Å². The van der Waals surface area contributed by atoms with Crippen molar-refractivity contribution in [2.45, 2.75) is 52.5 Å². The molecule has 4 aliphatic rings. The highest BCUT2D eigenvalue weighted by atomic mass is 28.3. The number of aryl methyl sites for hydroxylation is 3. The van der Waals surface area contributed by atoms with Crippen molar-refractivity contribution in [2.24, 2.45) is 38.3 Å². The number of benzene rings is 4. The van der Waals surface area contributed by atoms with Gasteiger partial charge in [0.1, 0.15) is 0 Å². The van der Waals surface area contributed by atoms with Gasteiger partial charge in [0.25, 0.3) is 8.24 Å². The van der Waals surface area contributed by atoms with Crippen LogP contribution in [0.5, 0.6) is 0 Å². The quantitative estimate of drug-likeness (QED) is 0.0713. The second-order valence-electron chi connectivity index (χ2n) is 17.6. The second kappa shape index (κ2) is 19.6. The number of nitrogens with one attached hydrogen (secondary N) is 3. The van der Waals surface area contributed by atoms with E-state index in [9.17, 15) is 0 Å². The molecule has 0 spiro atoms. The van der Waals surface area contributed by atoms with Crippen LogP contribution in [0, 0.1) is 44.4 Å². The molecule has 4 saturated carbocycles. The van der Waals surface area contributed by atoms with Crippen molar-refractivity contribution < 1.29 is 0 Å². The van der Waals surface area contributed by atoms with Crippen LogP contribution in [0.2, 0.25) is 0 Å². The number of rotatable bonds is 10. The molecule has 64 heavy (non-hydrogen) atoms. The van der Waals surface area contributed by atoms with Crippen LogP contribution >= 0.6 is 0 Å². The van der Waals surface area contributed by atoms with Crippen LogP contribution in [0.25, 0.3) is 0 Å². The van der Waals surface area contributed by atoms with Gasteiger partial charge in [-0.1, -0.05) is 121 Å². The largest absolute Gasteiger partial charge is 0.358 e. The number of hydrogen-bond acceptors (Lipinski definition) is 4. The first kappa shape index (κ1) is 42.4. The number of nitrogens with zero attached hydrogens (tertiary/aromatic N) is 4. The van der Waals surface area contributed by atoms with Crippen LogP contribution in [0.3, 0.4) is 0 Å². The Balaban J connectivity index is 0.000000125. The monoisotopic (exact) mass is 855 g/mol. The zero-order chi connectivity index (χ0) is 43.7. The summed E-state index contributed by atoms with van der Waals surface area (Å²) in [5.74, 6) is 3.91. The second-order valence-corrected chi connectivity index (χ2v) is 21.0. The molecule has 4 aromatic carbocycles. The molecule has 12 rings (SSSR count). The van der Waals surface area contributed by atoms with Gasteiger partial charge >= 0.3 is 0 Å². The van der Waals surface area contributed by atoms with Crippen LogP contribution in [0.1, 0.15) is 65.4 Å². The van der Waals surface area contributed by atoms with Crippen LogP contribution in [-0.4, -0.2) is 52.4 Å². The van der Waals surface area contributed by atoms with Crippen LogP contribution < -0.4 is 15.6 Å². The summed E-state index contributed by atoms with van der Waals surface area (Å²) >= 11 is 0. The van der Waals surface area contributed by atoms with Gasteiger partial charge in [0, 0.05) is 47.5 Å². The van der Waals surface area contributed by atoms with Crippen molar-refractivity contribution in [1.29, 1.82) is 0 Å². The van der Waals surface area contributed by atoms with E-state index in [0.717, 1.165) is 63.4 Å². The molecule has 0 saturated heterocycles. The maximum absolute atomic E-state index is 5.33. The molecule has 8 aromatic rings. The number of aromatic nitrogens is 4. The average molecular weight is 856 g/mol. The highest BCUT2D eigenvalue weighted by Gasteiger charge is 2.53. The standard InChI is InChI=1S/C24H22N2Si.C17H15N3.C15H20N2/c1-20-17-18-21(26-20)19-25-27(22-11-5-2-6-12-22,23-13-7-3-8-14-23)24-15-9-4-10-16-24;1-13-7-8-16(19-13)17(14-5-3-2-4-6-14)20-15-9-11-18-12-10-15;1-9-2-3-13(17-9)8-16-15-12-5-10-4-11(7-12)14(15)6-10/h2-19,26H,1H3;2-12,19H,1H3;2-3,8,10-12,14-15,17H,4-7H2,1H3. The molecule has 4 aromatic heterocycles. The van der Waals surface area contributed by atoms with Crippen molar-refractivity contribution in [3.05, 3.63) is 222 Å². The van der Waals surface area contributed by atoms with Crippen molar-refractivity contribution in [3.8, 4) is 0 Å². The lowest BCUT2D eigenvalue weighted by atomic mass is 9.79. The number of pyridine rings is 1. The van der Waals surface area contributed by atoms with Gasteiger partial charge in [-0.3, -0.25) is 9.98 Å². The number of H-pyrrole nitrogens is 3. The van der Waals surface area contributed by atoms with Gasteiger partial charge in [0.15, 0.2) is 0 Å². The van der Waals surface area contributed by atoms with Gasteiger partial charge in [-0.05, 0) is 134 Å². The summed E-state index contributed by atoms with van der Waals surface area (Å²) in [5, 5.41) is 3.84. The summed E-state index contributed by atoms with van der Waals surface area (Å²) in [5.41, 5.74) is 9.63. The first-order valence-corrected chi connectivity index (χ1v) is 24.6. The molecule has 8 heteroatoms. The molecule has 4 fully saturated rings. The van der Waals surface area contributed by atoms with Gasteiger partial charge in [-0.25, -0.2) is 4.99 Å². The van der Waals surface area contributed by atoms with Gasteiger partial charge in [-0.15, -0.1) is 0 Å². The van der Waals surface area contributed by atoms with E-state index in [2.05, 4.69) is 180 Å². The topological polar surface area (TPSA) is 97.3 Å². The summed E-state index contributed by atoms with van der Waals surface area (Å²) in [6.45, 7) is 6.20. The first-order chi connectivity index (χ1) is 31.4. The van der Waals surface area contributed by atoms with Gasteiger partial charge < -0.3 is 19.6 Å². The predicted octanol–water partition coefficient (Wildman–Crippen LogP) is 10.5. The molecular formula is C56H57N7Si. The van der Waals surface area contributed by atoms with E-state index < -0.39 is 8.24 Å². The summed E-state index contributed by atoms with van der Waals surface area (Å²) in [6, 6.07) is 59.3. The first-order valence-electron chi connectivity index (χ1n) is 22.7. The maximum Gasteiger partial charge on any atom is 0.273 e. The minimum Gasteiger partial charge on any atom is -0.358 e. The fraction of sp³-hybridized carbons (Fsp3) is 0.214. The SMILES string of the molecule is Cc1ccc(C(=Nc2ccncc2)c2ccccc2)[nH]1.Cc1ccc(C=NC2C3CC4CC(C3)C2C4)[nH]1.Cc1ccc(C=N[Si](c2ccccc2)(c2ccccc2)c2ccccc2)[nH]1. The molecule has 3 N–H and O–H groups in total. The molecule has 7 nitrogen and oxygen atoms in total. The highest BCUT2D eigenvalue weighted by Crippen LogP contribution is 2.59. The van der Waals surface area contributed by atoms with Gasteiger partial charge in [-0.2, -0.15) is 0 Å². The molecule has 0 amide bonds. The van der Waals surface area contributed by atoms with E-state index in [-0.39, 0.29) is 0 Å². The fourth-order valence-electron chi connectivity index (χ4n) is 10.3. The Kier molecular flexibility index (Phi) is 13.0. The molecule has 320 valence electrons. The van der Waals surface area contributed by atoms with E-state index in [0.29, 0.717) is 6.04 Å². The lowest BCUT2D eigenvalue weighted by molar-refractivity contribution is 0.252. The number of hydrogen-bond donors (Lipinski definition) is 3. The zero-order valence-corrected chi connectivity index (χ0v) is 38.0. The molecule has 0 radical (unpaired) electrons. The third-order valence-corrected chi connectivity index (χ3v) is 17.1. The van der Waals surface area contributed by atoms with E-state index in [1.807, 2.05) is 43.5 Å². The fourth-order valence-corrected chi connectivity index (χ4v) is 14.1. The van der Waals surface area contributed by atoms with Gasteiger partial charge in [0.05, 0.1) is 34.5 Å². The minimum absolute atomic E-state index is 0.641. The molecule has 4 aliphatic carbocycles. The van der Waals surface area contributed by atoms with Crippen molar-refractivity contribution >= 4 is 47.6 Å². The average Bonchev–Trinajstić information content (AvgIpc) is 4.18. The van der Waals surface area contributed by atoms with Gasteiger partial charge in [0.2, 0.25) is 0 Å². The Morgan fingerprint density at radius 2 is 1.05 bits per heavy atom. The zero-order valence-electron chi connectivity index (χ0n) is 37.0. The van der Waals surface area contributed by atoms with Crippen LogP contribution in [-0.2, 0) is 0 Å². The highest BCUT2D eigenvalue weighted by molar-refractivity contribution is 7.10. The summed E-state index contributed by atoms with van der Waals surface area (Å²) in [7, 11) is -2.55. The lowest BCUT2D eigenvalue weighted by Crippen LogP contribution is -2.66. The normalized spacial score (nSPS) is 20.0. The smallest absolute Gasteiger partial charge is 0.273 e. The molecule has 4 heterocycles. The Morgan fingerprint density at radius 3 is 1.56 bits per heavy atom. The number of aromatic amines is 3. The van der Waals surface area contributed by atoms with E-state index in [1.165, 1.54) is 52.6 Å². The van der Waals surface area contributed by atoms with E-state index in [1.54, 1.807) is 12.4 Å². The summed E-state index contributed by atoms with van der Waals surface area (Å²) in [4.78, 5) is 23.8. The van der Waals surface area contributed by atoms with E-state index >= 15 is 0 Å². The summed E-state index contributed by atoms with van der Waals surface area (Å²) < 4.78 is 5.33. The number of aliphatic imine (C=N–C) groups is 2. The lowest BCUT2D eigenvalue weighted by Gasteiger charge is -2.29. The minimum atomic E-state index is -2.55. The Hall–Kier alpha value is -6.90. The van der Waals surface area contributed by atoms with Crippen molar-refractivity contribution in [2.75, 3.05) is 0 Å². The Morgan fingerprint density at radius 1 is 0.531 bits per heavy atom. The van der Waals surface area contributed by atoms with Crippen molar-refractivity contribution in [3.63, 3.8) is 0 Å². The Bertz CT molecular complexity index is 2690. The molecule has 4 bridgehead atoms. The molecule has 0 aliphatic heterocycles.